The first kappa shape index (κ1) is 22.6. The van der Waals surface area contributed by atoms with E-state index >= 15 is 0 Å². The van der Waals surface area contributed by atoms with Gasteiger partial charge < -0.3 is 20.1 Å². The Labute approximate surface area is 200 Å². The Morgan fingerprint density at radius 1 is 0.941 bits per heavy atom. The Balaban J connectivity index is 1.28. The molecule has 1 aromatic heterocycles. The number of amides is 2. The van der Waals surface area contributed by atoms with Crippen LogP contribution in [0.3, 0.4) is 0 Å². The van der Waals surface area contributed by atoms with Gasteiger partial charge in [-0.3, -0.25) is 14.5 Å². The third-order valence-corrected chi connectivity index (χ3v) is 7.30. The predicted molar refractivity (Wildman–Crippen MR) is 134 cm³/mol. The van der Waals surface area contributed by atoms with Gasteiger partial charge in [-0.25, -0.2) is 0 Å². The lowest BCUT2D eigenvalue weighted by atomic mass is 10.0. The van der Waals surface area contributed by atoms with Gasteiger partial charge in [0, 0.05) is 49.5 Å². The number of carbonyl (C=O) groups is 2. The molecule has 7 nitrogen and oxygen atoms in total. The maximum atomic E-state index is 13.6. The third-order valence-electron chi connectivity index (χ3n) is 7.30. The van der Waals surface area contributed by atoms with Crippen LogP contribution in [-0.4, -0.2) is 83.9 Å². The molecule has 0 radical (unpaired) electrons. The quantitative estimate of drug-likeness (QED) is 0.616. The van der Waals surface area contributed by atoms with Gasteiger partial charge in [-0.15, -0.1) is 0 Å². The molecule has 2 aliphatic heterocycles. The lowest BCUT2D eigenvalue weighted by Crippen LogP contribution is -2.55. The van der Waals surface area contributed by atoms with Crippen molar-refractivity contribution in [1.82, 2.24) is 25.0 Å². The summed E-state index contributed by atoms with van der Waals surface area (Å²) in [4.78, 5) is 36.8. The molecule has 178 valence electrons. The van der Waals surface area contributed by atoms with Crippen molar-refractivity contribution in [3.63, 3.8) is 0 Å². The highest BCUT2D eigenvalue weighted by molar-refractivity contribution is 6.00. The first-order chi connectivity index (χ1) is 16.6. The molecular weight excluding hydrogens is 426 g/mol. The summed E-state index contributed by atoms with van der Waals surface area (Å²) in [5.74, 6) is -0.285. The molecule has 7 heteroatoms. The Hall–Kier alpha value is -3.16. The van der Waals surface area contributed by atoms with Crippen LogP contribution in [0.25, 0.3) is 10.9 Å². The van der Waals surface area contributed by atoms with Gasteiger partial charge in [-0.05, 0) is 62.1 Å². The number of hydrogen-bond donors (Lipinski definition) is 2. The minimum Gasteiger partial charge on any atom is -0.361 e. The molecule has 2 aliphatic rings. The van der Waals surface area contributed by atoms with E-state index in [2.05, 4.69) is 27.1 Å². The fraction of sp³-hybridized carbons (Fsp3) is 0.407. The number of aromatic nitrogens is 1. The molecule has 34 heavy (non-hydrogen) atoms. The summed E-state index contributed by atoms with van der Waals surface area (Å²) in [7, 11) is 2.18. The summed E-state index contributed by atoms with van der Waals surface area (Å²) in [6.45, 7) is 5.44. The van der Waals surface area contributed by atoms with Gasteiger partial charge in [0.1, 0.15) is 6.04 Å². The standard InChI is InChI=1S/C27H33N5O2/c1-30-13-10-23(11-14-30)31-15-17-32(18-16-31)27(34)25(21-5-3-2-4-6-21)29-26(33)22-8-7-20-9-12-28-24(20)19-22/h2-9,12,19,23,25,28H,10-11,13-18H2,1H3,(H,29,33). The number of likely N-dealkylation sites (tertiary alicyclic amines) is 1. The van der Waals surface area contributed by atoms with E-state index in [0.717, 1.165) is 42.6 Å². The lowest BCUT2D eigenvalue weighted by Gasteiger charge is -2.42. The predicted octanol–water partition coefficient (Wildman–Crippen LogP) is 2.88. The van der Waals surface area contributed by atoms with Gasteiger partial charge in [0.05, 0.1) is 0 Å². The lowest BCUT2D eigenvalue weighted by molar-refractivity contribution is -0.135. The van der Waals surface area contributed by atoms with Gasteiger partial charge in [-0.2, -0.15) is 0 Å². The second-order valence-electron chi connectivity index (χ2n) is 9.49. The number of rotatable bonds is 5. The zero-order valence-corrected chi connectivity index (χ0v) is 19.7. The second-order valence-corrected chi connectivity index (χ2v) is 9.49. The number of H-pyrrole nitrogens is 1. The number of fused-ring (bicyclic) bond motifs is 1. The number of carbonyl (C=O) groups excluding carboxylic acids is 2. The number of benzene rings is 2. The summed E-state index contributed by atoms with van der Waals surface area (Å²) >= 11 is 0. The smallest absolute Gasteiger partial charge is 0.252 e. The summed E-state index contributed by atoms with van der Waals surface area (Å²) in [5.41, 5.74) is 2.25. The van der Waals surface area contributed by atoms with Crippen LogP contribution in [0.4, 0.5) is 0 Å². The van der Waals surface area contributed by atoms with Crippen molar-refractivity contribution in [3.05, 3.63) is 71.9 Å². The number of hydrogen-bond acceptors (Lipinski definition) is 4. The van der Waals surface area contributed by atoms with Crippen molar-refractivity contribution >= 4 is 22.7 Å². The molecule has 0 spiro atoms. The zero-order chi connectivity index (χ0) is 23.5. The van der Waals surface area contributed by atoms with E-state index in [4.69, 9.17) is 0 Å². The molecule has 0 saturated carbocycles. The van der Waals surface area contributed by atoms with Crippen molar-refractivity contribution in [3.8, 4) is 0 Å². The molecule has 3 aromatic rings. The average molecular weight is 460 g/mol. The van der Waals surface area contributed by atoms with Gasteiger partial charge >= 0.3 is 0 Å². The fourth-order valence-corrected chi connectivity index (χ4v) is 5.19. The number of piperazine rings is 1. The van der Waals surface area contributed by atoms with Crippen LogP contribution >= 0.6 is 0 Å². The maximum Gasteiger partial charge on any atom is 0.252 e. The van der Waals surface area contributed by atoms with E-state index in [9.17, 15) is 9.59 Å². The first-order valence-electron chi connectivity index (χ1n) is 12.2. The first-order valence-corrected chi connectivity index (χ1v) is 12.2. The van der Waals surface area contributed by atoms with Gasteiger partial charge in [0.2, 0.25) is 5.91 Å². The summed E-state index contributed by atoms with van der Waals surface area (Å²) in [6, 6.07) is 17.0. The summed E-state index contributed by atoms with van der Waals surface area (Å²) in [5, 5.41) is 4.07. The number of aromatic amines is 1. The zero-order valence-electron chi connectivity index (χ0n) is 19.7. The van der Waals surface area contributed by atoms with Crippen LogP contribution in [0.5, 0.6) is 0 Å². The Morgan fingerprint density at radius 3 is 2.41 bits per heavy atom. The van der Waals surface area contributed by atoms with Crippen LogP contribution in [0, 0.1) is 0 Å². The minimum absolute atomic E-state index is 0.0384. The molecule has 2 saturated heterocycles. The van der Waals surface area contributed by atoms with Crippen LogP contribution in [0.15, 0.2) is 60.8 Å². The average Bonchev–Trinajstić information content (AvgIpc) is 3.36. The van der Waals surface area contributed by atoms with Crippen molar-refractivity contribution < 1.29 is 9.59 Å². The fourth-order valence-electron chi connectivity index (χ4n) is 5.19. The highest BCUT2D eigenvalue weighted by atomic mass is 16.2. The molecule has 0 bridgehead atoms. The monoisotopic (exact) mass is 459 g/mol. The van der Waals surface area contributed by atoms with E-state index in [1.165, 1.54) is 12.8 Å². The third kappa shape index (κ3) is 4.86. The highest BCUT2D eigenvalue weighted by Gasteiger charge is 2.32. The topological polar surface area (TPSA) is 71.7 Å². The van der Waals surface area contributed by atoms with Crippen LogP contribution in [-0.2, 0) is 4.79 Å². The number of piperidine rings is 1. The van der Waals surface area contributed by atoms with E-state index in [1.807, 2.05) is 59.6 Å². The molecule has 5 rings (SSSR count). The molecule has 3 heterocycles. The maximum absolute atomic E-state index is 13.6. The van der Waals surface area contributed by atoms with E-state index in [-0.39, 0.29) is 11.8 Å². The van der Waals surface area contributed by atoms with Gasteiger partial charge in [-0.1, -0.05) is 36.4 Å². The summed E-state index contributed by atoms with van der Waals surface area (Å²) in [6.07, 6.45) is 4.24. The largest absolute Gasteiger partial charge is 0.361 e. The molecule has 0 aliphatic carbocycles. The van der Waals surface area contributed by atoms with E-state index < -0.39 is 6.04 Å². The van der Waals surface area contributed by atoms with Crippen LogP contribution in [0.2, 0.25) is 0 Å². The van der Waals surface area contributed by atoms with Gasteiger partial charge in [0.15, 0.2) is 0 Å². The van der Waals surface area contributed by atoms with Crippen LogP contribution in [0.1, 0.15) is 34.8 Å². The molecule has 1 atom stereocenters. The number of nitrogens with zero attached hydrogens (tertiary/aromatic N) is 3. The molecule has 2 fully saturated rings. The molecule has 2 aromatic carbocycles. The molecule has 2 amide bonds. The summed E-state index contributed by atoms with van der Waals surface area (Å²) < 4.78 is 0. The SMILES string of the molecule is CN1CCC(N2CCN(C(=O)C(NC(=O)c3ccc4cc[nH]c4c3)c3ccccc3)CC2)CC1. The van der Waals surface area contributed by atoms with Crippen molar-refractivity contribution in [2.24, 2.45) is 0 Å². The normalized spacial score (nSPS) is 19.3. The molecule has 1 unspecified atom stereocenters. The van der Waals surface area contributed by atoms with Gasteiger partial charge in [0.25, 0.3) is 5.91 Å². The highest BCUT2D eigenvalue weighted by Crippen LogP contribution is 2.22. The van der Waals surface area contributed by atoms with Crippen molar-refractivity contribution in [2.75, 3.05) is 46.3 Å². The second kappa shape index (κ2) is 9.99. The molecular formula is C27H33N5O2. The van der Waals surface area contributed by atoms with Crippen molar-refractivity contribution in [1.29, 1.82) is 0 Å². The Morgan fingerprint density at radius 2 is 1.68 bits per heavy atom. The van der Waals surface area contributed by atoms with Crippen LogP contribution < -0.4 is 5.32 Å². The Kier molecular flexibility index (Phi) is 6.65. The van der Waals surface area contributed by atoms with E-state index in [1.54, 1.807) is 6.07 Å². The van der Waals surface area contributed by atoms with E-state index in [0.29, 0.717) is 24.7 Å². The minimum atomic E-state index is -0.706. The molecule has 2 N–H and O–H groups in total. The van der Waals surface area contributed by atoms with Crippen molar-refractivity contribution in [2.45, 2.75) is 24.9 Å². The Bertz CT molecular complexity index is 1130. The number of nitrogens with one attached hydrogen (secondary N) is 2.